The summed E-state index contributed by atoms with van der Waals surface area (Å²) in [5.41, 5.74) is -4.07. The van der Waals surface area contributed by atoms with Crippen LogP contribution in [0.3, 0.4) is 0 Å². The first-order valence-electron chi connectivity index (χ1n) is 20.2. The van der Waals surface area contributed by atoms with Gasteiger partial charge in [-0.25, -0.2) is 9.97 Å². The summed E-state index contributed by atoms with van der Waals surface area (Å²) in [6.45, 7) is 0. The van der Waals surface area contributed by atoms with Crippen molar-refractivity contribution >= 4 is 11.1 Å². The highest BCUT2D eigenvalue weighted by atomic mass is 19.4. The van der Waals surface area contributed by atoms with Crippen LogP contribution in [0.2, 0.25) is 0 Å². The van der Waals surface area contributed by atoms with Gasteiger partial charge >= 0.3 is 24.7 Å². The van der Waals surface area contributed by atoms with E-state index in [0.29, 0.717) is 0 Å². The largest absolute Gasteiger partial charge is 0.416 e. The zero-order valence-electron chi connectivity index (χ0n) is 34.8. The summed E-state index contributed by atoms with van der Waals surface area (Å²) in [5, 5.41) is 41.3. The number of benzene rings is 6. The van der Waals surface area contributed by atoms with E-state index in [1.807, 2.05) is 24.3 Å². The summed E-state index contributed by atoms with van der Waals surface area (Å²) in [6, 6.07) is 28.5. The Balaban J connectivity index is 1.33. The van der Waals surface area contributed by atoms with Gasteiger partial charge in [-0.15, -0.1) is 0 Å². The van der Waals surface area contributed by atoms with Crippen LogP contribution in [0.15, 0.2) is 132 Å². The third-order valence-corrected chi connectivity index (χ3v) is 11.8. The van der Waals surface area contributed by atoms with Crippen molar-refractivity contribution in [1.29, 1.82) is 21.0 Å². The van der Waals surface area contributed by atoms with Gasteiger partial charge in [0.25, 0.3) is 0 Å². The zero-order valence-corrected chi connectivity index (χ0v) is 34.8. The summed E-state index contributed by atoms with van der Waals surface area (Å²) in [5.74, 6) is 0. The quantitative estimate of drug-likeness (QED) is 0.128. The van der Waals surface area contributed by atoms with Crippen LogP contribution in [0, 0.1) is 45.3 Å². The molecule has 0 fully saturated rings. The van der Waals surface area contributed by atoms with E-state index < -0.39 is 58.1 Å². The average molecular weight is 957 g/mol. The minimum atomic E-state index is -4.74. The maximum Gasteiger partial charge on any atom is 0.416 e. The van der Waals surface area contributed by atoms with E-state index in [4.69, 9.17) is 9.97 Å². The molecule has 6 aromatic carbocycles. The van der Waals surface area contributed by atoms with Crippen molar-refractivity contribution in [3.63, 3.8) is 0 Å². The van der Waals surface area contributed by atoms with Crippen molar-refractivity contribution in [2.24, 2.45) is 0 Å². The highest BCUT2D eigenvalue weighted by Crippen LogP contribution is 2.54. The fraction of sp³-hybridized carbons (Fsp3) is 0.0769. The molecule has 0 saturated carbocycles. The highest BCUT2D eigenvalue weighted by Gasteiger charge is 2.39. The fourth-order valence-electron chi connectivity index (χ4n) is 8.51. The Morgan fingerprint density at radius 1 is 0.300 bits per heavy atom. The van der Waals surface area contributed by atoms with Crippen LogP contribution >= 0.6 is 0 Å². The summed E-state index contributed by atoms with van der Waals surface area (Å²) >= 11 is 0. The molecule has 0 amide bonds. The van der Waals surface area contributed by atoms with Crippen molar-refractivity contribution < 1.29 is 52.7 Å². The molecule has 9 rings (SSSR count). The van der Waals surface area contributed by atoms with E-state index in [2.05, 4.69) is 0 Å². The first-order valence-corrected chi connectivity index (χ1v) is 20.2. The summed E-state index contributed by atoms with van der Waals surface area (Å²) in [7, 11) is 0. The van der Waals surface area contributed by atoms with E-state index in [9.17, 15) is 73.7 Å². The number of nitriles is 4. The van der Waals surface area contributed by atoms with E-state index in [0.717, 1.165) is 97.1 Å². The van der Waals surface area contributed by atoms with Gasteiger partial charge in [0.1, 0.15) is 46.8 Å². The minimum absolute atomic E-state index is 0.0645. The van der Waals surface area contributed by atoms with E-state index in [1.165, 1.54) is 24.3 Å². The lowest BCUT2D eigenvalue weighted by Crippen LogP contribution is -2.04. The zero-order chi connectivity index (χ0) is 50.2. The number of halogens is 12. The number of nitrogens with zero attached hydrogens (tertiary/aromatic N) is 6. The Bertz CT molecular complexity index is 3320. The Hall–Kier alpha value is -9.00. The lowest BCUT2D eigenvalue weighted by atomic mass is 9.88. The van der Waals surface area contributed by atoms with Crippen LogP contribution < -0.4 is 0 Å². The lowest BCUT2D eigenvalue weighted by Gasteiger charge is -2.16. The molecule has 0 atom stereocenters. The molecule has 2 aliphatic rings. The first kappa shape index (κ1) is 46.1. The van der Waals surface area contributed by atoms with E-state index >= 15 is 0 Å². The molecule has 0 bridgehead atoms. The maximum atomic E-state index is 13.7. The van der Waals surface area contributed by atoms with Crippen molar-refractivity contribution in [2.75, 3.05) is 0 Å². The van der Waals surface area contributed by atoms with Crippen LogP contribution in [-0.2, 0) is 24.7 Å². The van der Waals surface area contributed by atoms with Crippen LogP contribution in [0.4, 0.5) is 52.7 Å². The van der Waals surface area contributed by atoms with Gasteiger partial charge in [-0.3, -0.25) is 0 Å². The standard InChI is InChI=1S/C52H20F12N6/c53-49(54,55)31-9-1-25(2-10-31)35-17-39-41(19-37(35)27-5-13-33(14-6-27)51(59,60)61)45-47(43(39)29(21-65)22-66)70-46-42-20-38(28-7-15-34(16-8-28)52(62,63)64)36(26-3-11-32(12-4-26)50(56,57)58)18-40(42)44(48(46)69-45)30(23-67)24-68/h1-20H. The molecular formula is C52H20F12N6. The number of allylic oxidation sites excluding steroid dienone is 2. The molecular weight excluding hydrogens is 937 g/mol. The third-order valence-electron chi connectivity index (χ3n) is 11.8. The maximum absolute atomic E-state index is 13.7. The van der Waals surface area contributed by atoms with Crippen molar-refractivity contribution in [3.8, 4) is 91.3 Å². The Labute approximate surface area is 387 Å². The monoisotopic (exact) mass is 956 g/mol. The Morgan fingerprint density at radius 2 is 0.514 bits per heavy atom. The second-order valence-corrected chi connectivity index (χ2v) is 15.8. The molecule has 70 heavy (non-hydrogen) atoms. The SMILES string of the molecule is N#CC(C#N)=C1c2cc(-c3ccc(C(F)(F)F)cc3)c(-c3ccc(C(F)(F)F)cc3)cc2-c2nc3c(nc21)-c1cc(-c2ccc(C(F)(F)F)cc2)c(-c2ccc(C(F)(F)F)cc2)cc1C3=C(C#N)C#N. The van der Waals surface area contributed by atoms with Crippen LogP contribution in [-0.4, -0.2) is 9.97 Å². The molecule has 0 spiro atoms. The van der Waals surface area contributed by atoms with E-state index in [-0.39, 0.29) is 101 Å². The van der Waals surface area contributed by atoms with Crippen molar-refractivity contribution in [2.45, 2.75) is 24.7 Å². The highest BCUT2D eigenvalue weighted by molar-refractivity contribution is 6.09. The predicted octanol–water partition coefficient (Wildman–Crippen LogP) is 14.9. The van der Waals surface area contributed by atoms with Crippen LogP contribution in [0.1, 0.15) is 44.8 Å². The van der Waals surface area contributed by atoms with E-state index in [1.54, 1.807) is 0 Å². The van der Waals surface area contributed by atoms with Gasteiger partial charge in [0.05, 0.1) is 33.6 Å². The summed E-state index contributed by atoms with van der Waals surface area (Å²) in [4.78, 5) is 9.79. The fourth-order valence-corrected chi connectivity index (χ4v) is 8.51. The molecule has 0 N–H and O–H groups in total. The number of hydrogen-bond acceptors (Lipinski definition) is 6. The van der Waals surface area contributed by atoms with Crippen molar-refractivity contribution in [3.05, 3.63) is 177 Å². The van der Waals surface area contributed by atoms with Gasteiger partial charge < -0.3 is 0 Å². The number of fused-ring (bicyclic) bond motifs is 6. The summed E-state index contributed by atoms with van der Waals surface area (Å²) < 4.78 is 164. The average Bonchev–Trinajstić information content (AvgIpc) is 3.80. The first-order chi connectivity index (χ1) is 33.0. The molecule has 1 aromatic heterocycles. The minimum Gasteiger partial charge on any atom is -0.243 e. The molecule has 6 nitrogen and oxygen atoms in total. The predicted molar refractivity (Wildman–Crippen MR) is 229 cm³/mol. The second kappa shape index (κ2) is 16.4. The second-order valence-electron chi connectivity index (χ2n) is 15.8. The van der Waals surface area contributed by atoms with Gasteiger partial charge in [0, 0.05) is 22.3 Å². The smallest absolute Gasteiger partial charge is 0.243 e. The van der Waals surface area contributed by atoms with Gasteiger partial charge in [0.2, 0.25) is 0 Å². The molecule has 2 aliphatic carbocycles. The van der Waals surface area contributed by atoms with Crippen molar-refractivity contribution in [1.82, 2.24) is 9.97 Å². The van der Waals surface area contributed by atoms with Crippen LogP contribution in [0.5, 0.6) is 0 Å². The normalized spacial score (nSPS) is 12.7. The number of aromatic nitrogens is 2. The Kier molecular flexibility index (Phi) is 10.8. The topological polar surface area (TPSA) is 121 Å². The molecule has 0 unspecified atom stereocenters. The molecule has 7 aromatic rings. The van der Waals surface area contributed by atoms with Gasteiger partial charge in [-0.1, -0.05) is 48.5 Å². The summed E-state index contributed by atoms with van der Waals surface area (Å²) in [6.07, 6.45) is -18.9. The molecule has 0 radical (unpaired) electrons. The number of rotatable bonds is 4. The third kappa shape index (κ3) is 7.85. The van der Waals surface area contributed by atoms with Gasteiger partial charge in [-0.05, 0) is 128 Å². The van der Waals surface area contributed by atoms with Crippen LogP contribution in [0.25, 0.3) is 78.2 Å². The molecule has 0 aliphatic heterocycles. The Morgan fingerprint density at radius 3 is 0.714 bits per heavy atom. The van der Waals surface area contributed by atoms with Gasteiger partial charge in [-0.2, -0.15) is 73.7 Å². The number of alkyl halides is 12. The molecule has 1 heterocycles. The molecule has 18 heteroatoms. The number of hydrogen-bond donors (Lipinski definition) is 0. The molecule has 0 saturated heterocycles. The lowest BCUT2D eigenvalue weighted by molar-refractivity contribution is -0.138. The van der Waals surface area contributed by atoms with Gasteiger partial charge in [0.15, 0.2) is 0 Å². The molecule has 342 valence electrons.